The zero-order valence-electron chi connectivity index (χ0n) is 10.9. The van der Waals surface area contributed by atoms with Gasteiger partial charge in [0.05, 0.1) is 5.60 Å². The number of thioether (sulfide) groups is 3. The Bertz CT molecular complexity index is 265. The van der Waals surface area contributed by atoms with Gasteiger partial charge in [0.2, 0.25) is 0 Å². The molecule has 1 N–H and O–H groups in total. The predicted octanol–water partition coefficient (Wildman–Crippen LogP) is 2.48. The molecular formula is C13H23NOS3. The second-order valence-electron chi connectivity index (χ2n) is 5.50. The fraction of sp³-hybridized carbons (Fsp3) is 1.00. The molecule has 3 unspecified atom stereocenters. The monoisotopic (exact) mass is 305 g/mol. The quantitative estimate of drug-likeness (QED) is 0.862. The summed E-state index contributed by atoms with van der Waals surface area (Å²) >= 11 is 6.34. The van der Waals surface area contributed by atoms with Gasteiger partial charge < -0.3 is 10.1 Å². The summed E-state index contributed by atoms with van der Waals surface area (Å²) in [6, 6.07) is 0.699. The van der Waals surface area contributed by atoms with Crippen molar-refractivity contribution in [2.75, 3.05) is 41.9 Å². The Morgan fingerprint density at radius 2 is 2.22 bits per heavy atom. The maximum Gasteiger partial charge on any atom is 0.0795 e. The molecule has 0 amide bonds. The normalized spacial score (nSPS) is 41.3. The third-order valence-electron chi connectivity index (χ3n) is 4.08. The van der Waals surface area contributed by atoms with E-state index in [0.717, 1.165) is 11.9 Å². The van der Waals surface area contributed by atoms with Crippen LogP contribution >= 0.6 is 35.3 Å². The highest BCUT2D eigenvalue weighted by atomic mass is 32.2. The summed E-state index contributed by atoms with van der Waals surface area (Å²) in [4.78, 5) is 0. The zero-order valence-corrected chi connectivity index (χ0v) is 13.3. The summed E-state index contributed by atoms with van der Waals surface area (Å²) in [6.07, 6.45) is 3.71. The molecule has 0 aromatic carbocycles. The van der Waals surface area contributed by atoms with Crippen molar-refractivity contribution in [2.24, 2.45) is 0 Å². The molecule has 18 heavy (non-hydrogen) atoms. The van der Waals surface area contributed by atoms with Crippen LogP contribution in [0.15, 0.2) is 0 Å². The van der Waals surface area contributed by atoms with Gasteiger partial charge in [-0.05, 0) is 25.0 Å². The molecule has 3 aliphatic heterocycles. The molecule has 3 aliphatic rings. The lowest BCUT2D eigenvalue weighted by Crippen LogP contribution is -2.48. The van der Waals surface area contributed by atoms with Crippen LogP contribution in [0.1, 0.15) is 19.3 Å². The first-order valence-corrected chi connectivity index (χ1v) is 10.4. The first-order valence-electron chi connectivity index (χ1n) is 7.01. The van der Waals surface area contributed by atoms with Crippen molar-refractivity contribution in [3.05, 3.63) is 0 Å². The summed E-state index contributed by atoms with van der Waals surface area (Å²) in [7, 11) is 0. The van der Waals surface area contributed by atoms with E-state index in [9.17, 15) is 0 Å². The summed E-state index contributed by atoms with van der Waals surface area (Å²) in [6.45, 7) is 2.16. The van der Waals surface area contributed by atoms with Crippen LogP contribution in [0.2, 0.25) is 0 Å². The van der Waals surface area contributed by atoms with Gasteiger partial charge in [-0.2, -0.15) is 35.3 Å². The van der Waals surface area contributed by atoms with Gasteiger partial charge in [0.15, 0.2) is 0 Å². The minimum absolute atomic E-state index is 0.231. The Kier molecular flexibility index (Phi) is 5.12. The lowest BCUT2D eigenvalue weighted by Gasteiger charge is -2.38. The molecule has 0 bridgehead atoms. The van der Waals surface area contributed by atoms with Crippen molar-refractivity contribution in [2.45, 2.75) is 36.2 Å². The van der Waals surface area contributed by atoms with Crippen LogP contribution in [0.25, 0.3) is 0 Å². The molecule has 3 heterocycles. The Morgan fingerprint density at radius 1 is 1.22 bits per heavy atom. The third kappa shape index (κ3) is 3.54. The van der Waals surface area contributed by atoms with Gasteiger partial charge in [-0.25, -0.2) is 0 Å². The Morgan fingerprint density at radius 3 is 3.00 bits per heavy atom. The van der Waals surface area contributed by atoms with E-state index in [1.165, 1.54) is 54.6 Å². The fourth-order valence-corrected chi connectivity index (χ4v) is 7.02. The molecule has 3 saturated heterocycles. The minimum atomic E-state index is 0.231. The summed E-state index contributed by atoms with van der Waals surface area (Å²) < 4.78 is 6.08. The molecule has 3 fully saturated rings. The number of hydrogen-bond acceptors (Lipinski definition) is 5. The van der Waals surface area contributed by atoms with Gasteiger partial charge in [-0.1, -0.05) is 0 Å². The predicted molar refractivity (Wildman–Crippen MR) is 85.2 cm³/mol. The Hall–Kier alpha value is 0.970. The molecule has 3 rings (SSSR count). The number of ether oxygens (including phenoxy) is 1. The number of nitrogens with one attached hydrogen (secondary N) is 1. The van der Waals surface area contributed by atoms with E-state index >= 15 is 0 Å². The van der Waals surface area contributed by atoms with Crippen LogP contribution in [0.5, 0.6) is 0 Å². The van der Waals surface area contributed by atoms with Gasteiger partial charge in [0, 0.05) is 47.5 Å². The van der Waals surface area contributed by atoms with Gasteiger partial charge in [-0.15, -0.1) is 0 Å². The highest BCUT2D eigenvalue weighted by Crippen LogP contribution is 2.38. The van der Waals surface area contributed by atoms with Crippen LogP contribution in [0, 0.1) is 0 Å². The maximum atomic E-state index is 6.08. The van der Waals surface area contributed by atoms with Gasteiger partial charge in [0.1, 0.15) is 0 Å². The molecule has 1 spiro atoms. The molecule has 0 aromatic heterocycles. The van der Waals surface area contributed by atoms with E-state index in [1.807, 2.05) is 0 Å². The van der Waals surface area contributed by atoms with Crippen LogP contribution in [0.3, 0.4) is 0 Å². The Balaban J connectivity index is 1.44. The first kappa shape index (κ1) is 13.9. The summed E-state index contributed by atoms with van der Waals surface area (Å²) in [5.74, 6) is 6.53. The second-order valence-corrected chi connectivity index (χ2v) is 9.16. The average Bonchev–Trinajstić information content (AvgIpc) is 2.86. The van der Waals surface area contributed by atoms with Crippen molar-refractivity contribution in [1.82, 2.24) is 5.32 Å². The lowest BCUT2D eigenvalue weighted by molar-refractivity contribution is -0.0699. The molecule has 2 nitrogen and oxygen atoms in total. The van der Waals surface area contributed by atoms with Crippen LogP contribution in [-0.4, -0.2) is 58.8 Å². The number of rotatable bonds is 3. The SMILES string of the molecule is C1CC(NCC2CSCCS2)CC2(CCSC2)O1. The molecule has 5 heteroatoms. The molecule has 0 radical (unpaired) electrons. The number of hydrogen-bond donors (Lipinski definition) is 1. The highest BCUT2D eigenvalue weighted by molar-refractivity contribution is 8.06. The minimum Gasteiger partial charge on any atom is -0.374 e. The lowest BCUT2D eigenvalue weighted by atomic mass is 9.90. The van der Waals surface area contributed by atoms with E-state index in [0.29, 0.717) is 6.04 Å². The summed E-state index contributed by atoms with van der Waals surface area (Å²) in [5.41, 5.74) is 0.231. The van der Waals surface area contributed by atoms with Crippen molar-refractivity contribution in [3.8, 4) is 0 Å². The van der Waals surface area contributed by atoms with Crippen molar-refractivity contribution in [1.29, 1.82) is 0 Å². The molecule has 3 atom stereocenters. The van der Waals surface area contributed by atoms with Crippen molar-refractivity contribution >= 4 is 35.3 Å². The van der Waals surface area contributed by atoms with Crippen molar-refractivity contribution < 1.29 is 4.74 Å². The summed E-state index contributed by atoms with van der Waals surface area (Å²) in [5, 5.41) is 4.65. The van der Waals surface area contributed by atoms with E-state index in [4.69, 9.17) is 4.74 Å². The standard InChI is InChI=1S/C13H23NOS3/c1-3-15-13(2-4-17-10-13)7-11(1)14-8-12-9-16-5-6-18-12/h11-12,14H,1-10H2. The average molecular weight is 306 g/mol. The maximum absolute atomic E-state index is 6.08. The fourth-order valence-electron chi connectivity index (χ4n) is 3.02. The molecular weight excluding hydrogens is 282 g/mol. The molecule has 104 valence electrons. The molecule has 0 saturated carbocycles. The van der Waals surface area contributed by atoms with Crippen LogP contribution < -0.4 is 5.32 Å². The molecule has 0 aromatic rings. The zero-order chi connectivity index (χ0) is 12.3. The third-order valence-corrected chi connectivity index (χ3v) is 8.15. The van der Waals surface area contributed by atoms with E-state index in [-0.39, 0.29) is 5.60 Å². The largest absolute Gasteiger partial charge is 0.374 e. The Labute approximate surface area is 123 Å². The van der Waals surface area contributed by atoms with Crippen molar-refractivity contribution in [3.63, 3.8) is 0 Å². The smallest absolute Gasteiger partial charge is 0.0795 e. The highest BCUT2D eigenvalue weighted by Gasteiger charge is 2.40. The topological polar surface area (TPSA) is 21.3 Å². The van der Waals surface area contributed by atoms with Crippen LogP contribution in [-0.2, 0) is 4.74 Å². The molecule has 0 aliphatic carbocycles. The van der Waals surface area contributed by atoms with Crippen LogP contribution in [0.4, 0.5) is 0 Å². The van der Waals surface area contributed by atoms with E-state index in [1.54, 1.807) is 0 Å². The van der Waals surface area contributed by atoms with E-state index < -0.39 is 0 Å². The van der Waals surface area contributed by atoms with Gasteiger partial charge in [0.25, 0.3) is 0 Å². The van der Waals surface area contributed by atoms with Gasteiger partial charge in [-0.3, -0.25) is 0 Å². The second kappa shape index (κ2) is 6.61. The van der Waals surface area contributed by atoms with Gasteiger partial charge >= 0.3 is 0 Å². The first-order chi connectivity index (χ1) is 8.86. The van der Waals surface area contributed by atoms with E-state index in [2.05, 4.69) is 40.6 Å².